The zero-order valence-electron chi connectivity index (χ0n) is 9.60. The number of anilines is 1. The van der Waals surface area contributed by atoms with Gasteiger partial charge < -0.3 is 5.32 Å². The number of carbonyl (C=O) groups is 1. The highest BCUT2D eigenvalue weighted by Gasteiger charge is 2.15. The normalized spacial score (nSPS) is 13.2. The van der Waals surface area contributed by atoms with Crippen molar-refractivity contribution in [1.29, 1.82) is 0 Å². The molecule has 0 saturated carbocycles. The van der Waals surface area contributed by atoms with Crippen molar-refractivity contribution in [2.75, 3.05) is 11.9 Å². The molecule has 0 radical (unpaired) electrons. The first-order chi connectivity index (χ1) is 8.24. The minimum atomic E-state index is 0.0350. The molecule has 2 aromatic rings. The summed E-state index contributed by atoms with van der Waals surface area (Å²) >= 11 is 0. The van der Waals surface area contributed by atoms with Crippen molar-refractivity contribution in [3.8, 4) is 0 Å². The molecule has 17 heavy (non-hydrogen) atoms. The molecule has 0 saturated heterocycles. The number of hydrogen-bond acceptors (Lipinski definition) is 3. The van der Waals surface area contributed by atoms with Crippen LogP contribution in [0.1, 0.15) is 21.5 Å². The van der Waals surface area contributed by atoms with Gasteiger partial charge in [-0.15, -0.1) is 0 Å². The molecule has 86 valence electrons. The Hall–Kier alpha value is -2.10. The average Bonchev–Trinajstić information content (AvgIpc) is 2.95. The minimum absolute atomic E-state index is 0.0350. The summed E-state index contributed by atoms with van der Waals surface area (Å²) in [7, 11) is 1.81. The topological polar surface area (TPSA) is 46.9 Å². The van der Waals surface area contributed by atoms with Gasteiger partial charge in [0, 0.05) is 31.0 Å². The number of fused-ring (bicyclic) bond motifs is 1. The van der Waals surface area contributed by atoms with E-state index in [4.69, 9.17) is 0 Å². The highest BCUT2D eigenvalue weighted by molar-refractivity contribution is 6.09. The van der Waals surface area contributed by atoms with Crippen LogP contribution in [0.5, 0.6) is 0 Å². The van der Waals surface area contributed by atoms with Gasteiger partial charge >= 0.3 is 0 Å². The van der Waals surface area contributed by atoms with E-state index in [1.54, 1.807) is 17.1 Å². The number of nitrogens with one attached hydrogen (secondary N) is 1. The highest BCUT2D eigenvalue weighted by Crippen LogP contribution is 2.24. The third-order valence-corrected chi connectivity index (χ3v) is 3.04. The number of aryl methyl sites for hydroxylation is 1. The summed E-state index contributed by atoms with van der Waals surface area (Å²) in [5.74, 6) is 0.0350. The molecule has 0 unspecified atom stereocenters. The first kappa shape index (κ1) is 10.1. The number of nitrogens with zero attached hydrogens (tertiary/aromatic N) is 2. The second-order valence-electron chi connectivity index (χ2n) is 4.28. The Balaban J connectivity index is 1.97. The molecule has 1 aliphatic heterocycles. The summed E-state index contributed by atoms with van der Waals surface area (Å²) in [5, 5.41) is 7.30. The van der Waals surface area contributed by atoms with Crippen molar-refractivity contribution in [3.63, 3.8) is 0 Å². The van der Waals surface area contributed by atoms with Crippen LogP contribution in [0, 0.1) is 0 Å². The predicted octanol–water partition coefficient (Wildman–Crippen LogP) is 1.62. The Labute approximate surface area is 99.3 Å². The number of benzene rings is 1. The predicted molar refractivity (Wildman–Crippen MR) is 65.3 cm³/mol. The van der Waals surface area contributed by atoms with E-state index in [9.17, 15) is 4.79 Å². The van der Waals surface area contributed by atoms with Crippen molar-refractivity contribution in [3.05, 3.63) is 47.3 Å². The van der Waals surface area contributed by atoms with Crippen LogP contribution in [0.3, 0.4) is 0 Å². The van der Waals surface area contributed by atoms with Gasteiger partial charge in [0.2, 0.25) is 0 Å². The fourth-order valence-corrected chi connectivity index (χ4v) is 2.15. The molecule has 0 fully saturated rings. The van der Waals surface area contributed by atoms with E-state index in [2.05, 4.69) is 10.4 Å². The molecule has 1 aromatic heterocycles. The van der Waals surface area contributed by atoms with Crippen LogP contribution >= 0.6 is 0 Å². The van der Waals surface area contributed by atoms with Crippen molar-refractivity contribution in [2.45, 2.75) is 6.42 Å². The zero-order valence-corrected chi connectivity index (χ0v) is 9.60. The van der Waals surface area contributed by atoms with Gasteiger partial charge in [-0.2, -0.15) is 5.10 Å². The molecule has 4 heteroatoms. The molecule has 0 amide bonds. The van der Waals surface area contributed by atoms with Crippen LogP contribution in [0.15, 0.2) is 30.6 Å². The first-order valence-corrected chi connectivity index (χ1v) is 5.64. The van der Waals surface area contributed by atoms with E-state index in [-0.39, 0.29) is 5.78 Å². The van der Waals surface area contributed by atoms with Crippen LogP contribution in [0.25, 0.3) is 0 Å². The molecule has 1 aromatic carbocycles. The smallest absolute Gasteiger partial charge is 0.196 e. The maximum absolute atomic E-state index is 12.2. The van der Waals surface area contributed by atoms with Gasteiger partial charge in [-0.05, 0) is 30.2 Å². The quantitative estimate of drug-likeness (QED) is 0.793. The summed E-state index contributed by atoms with van der Waals surface area (Å²) in [4.78, 5) is 12.2. The van der Waals surface area contributed by atoms with Crippen LogP contribution in [-0.4, -0.2) is 22.1 Å². The minimum Gasteiger partial charge on any atom is -0.384 e. The lowest BCUT2D eigenvalue weighted by atomic mass is 10.0. The number of hydrogen-bond donors (Lipinski definition) is 1. The fourth-order valence-electron chi connectivity index (χ4n) is 2.15. The molecule has 0 aliphatic carbocycles. The number of rotatable bonds is 2. The summed E-state index contributed by atoms with van der Waals surface area (Å²) in [6.07, 6.45) is 4.34. The number of ketones is 1. The second-order valence-corrected chi connectivity index (χ2v) is 4.28. The molecular weight excluding hydrogens is 214 g/mol. The van der Waals surface area contributed by atoms with Gasteiger partial charge in [0.1, 0.15) is 0 Å². The Kier molecular flexibility index (Phi) is 2.21. The lowest BCUT2D eigenvalue weighted by molar-refractivity contribution is 0.103. The van der Waals surface area contributed by atoms with Gasteiger partial charge in [-0.3, -0.25) is 9.48 Å². The second kappa shape index (κ2) is 3.73. The van der Waals surface area contributed by atoms with E-state index >= 15 is 0 Å². The SMILES string of the molecule is Cn1cc(C(=O)c2ccc3c(c2)CCN3)cn1. The highest BCUT2D eigenvalue weighted by atomic mass is 16.1. The average molecular weight is 227 g/mol. The van der Waals surface area contributed by atoms with Crippen molar-refractivity contribution in [2.24, 2.45) is 7.05 Å². The maximum atomic E-state index is 12.2. The molecule has 4 nitrogen and oxygen atoms in total. The monoisotopic (exact) mass is 227 g/mol. The lowest BCUT2D eigenvalue weighted by Gasteiger charge is -2.02. The van der Waals surface area contributed by atoms with Gasteiger partial charge in [0.05, 0.1) is 11.8 Å². The molecule has 0 spiro atoms. The van der Waals surface area contributed by atoms with E-state index < -0.39 is 0 Å². The molecule has 3 rings (SSSR count). The van der Waals surface area contributed by atoms with E-state index in [1.807, 2.05) is 25.2 Å². The Morgan fingerprint density at radius 3 is 3.06 bits per heavy atom. The zero-order chi connectivity index (χ0) is 11.8. The largest absolute Gasteiger partial charge is 0.384 e. The van der Waals surface area contributed by atoms with E-state index in [0.29, 0.717) is 5.56 Å². The Morgan fingerprint density at radius 1 is 1.41 bits per heavy atom. The molecule has 0 bridgehead atoms. The van der Waals surface area contributed by atoms with Gasteiger partial charge in [-0.25, -0.2) is 0 Å². The maximum Gasteiger partial charge on any atom is 0.196 e. The van der Waals surface area contributed by atoms with E-state index in [0.717, 1.165) is 24.2 Å². The van der Waals surface area contributed by atoms with Crippen molar-refractivity contribution in [1.82, 2.24) is 9.78 Å². The summed E-state index contributed by atoms with van der Waals surface area (Å²) < 4.78 is 1.64. The first-order valence-electron chi connectivity index (χ1n) is 5.64. The van der Waals surface area contributed by atoms with Gasteiger partial charge in [0.15, 0.2) is 5.78 Å². The summed E-state index contributed by atoms with van der Waals surface area (Å²) in [6, 6.07) is 5.82. The lowest BCUT2D eigenvalue weighted by Crippen LogP contribution is -2.00. The fraction of sp³-hybridized carbons (Fsp3) is 0.231. The summed E-state index contributed by atoms with van der Waals surface area (Å²) in [5.41, 5.74) is 3.74. The van der Waals surface area contributed by atoms with Gasteiger partial charge in [-0.1, -0.05) is 0 Å². The van der Waals surface area contributed by atoms with Crippen LogP contribution in [0.2, 0.25) is 0 Å². The third-order valence-electron chi connectivity index (χ3n) is 3.04. The Morgan fingerprint density at radius 2 is 2.29 bits per heavy atom. The van der Waals surface area contributed by atoms with Crippen LogP contribution in [-0.2, 0) is 13.5 Å². The summed E-state index contributed by atoms with van der Waals surface area (Å²) in [6.45, 7) is 0.958. The number of carbonyl (C=O) groups excluding carboxylic acids is 1. The van der Waals surface area contributed by atoms with Crippen LogP contribution < -0.4 is 5.32 Å². The van der Waals surface area contributed by atoms with Gasteiger partial charge in [0.25, 0.3) is 0 Å². The van der Waals surface area contributed by atoms with Crippen molar-refractivity contribution >= 4 is 11.5 Å². The molecule has 1 aliphatic rings. The molecule has 2 heterocycles. The molecule has 1 N–H and O–H groups in total. The molecular formula is C13H13N3O. The van der Waals surface area contributed by atoms with Crippen molar-refractivity contribution < 1.29 is 4.79 Å². The van der Waals surface area contributed by atoms with E-state index in [1.165, 1.54) is 5.56 Å². The third kappa shape index (κ3) is 1.71. The standard InChI is InChI=1S/C13H13N3O/c1-16-8-11(7-15-16)13(17)10-2-3-12-9(6-10)4-5-14-12/h2-3,6-8,14H,4-5H2,1H3. The Bertz CT molecular complexity index is 586. The molecule has 0 atom stereocenters. The number of aromatic nitrogens is 2. The van der Waals surface area contributed by atoms with Crippen LogP contribution in [0.4, 0.5) is 5.69 Å².